The normalized spacial score (nSPS) is 9.60. The molecule has 30 heavy (non-hydrogen) atoms. The van der Waals surface area contributed by atoms with E-state index in [1.165, 1.54) is 0 Å². The number of hydrogen-bond acceptors (Lipinski definition) is 6. The Bertz CT molecular complexity index is 533. The second kappa shape index (κ2) is 18.5. The van der Waals surface area contributed by atoms with Gasteiger partial charge in [0.2, 0.25) is 0 Å². The van der Waals surface area contributed by atoms with Gasteiger partial charge in [0.05, 0.1) is 16.7 Å². The van der Waals surface area contributed by atoms with E-state index in [0.717, 1.165) is 37.8 Å². The maximum Gasteiger partial charge on any atom is 0.335 e. The van der Waals surface area contributed by atoms with Crippen LogP contribution >= 0.6 is 0 Å². The predicted molar refractivity (Wildman–Crippen MR) is 119 cm³/mol. The summed E-state index contributed by atoms with van der Waals surface area (Å²) in [6.07, 6.45) is 0. The first-order chi connectivity index (χ1) is 13.7. The van der Waals surface area contributed by atoms with Gasteiger partial charge in [0, 0.05) is 0 Å². The molecule has 9 nitrogen and oxygen atoms in total. The molecule has 0 aliphatic carbocycles. The molecular formula is C21H39N3O6. The fourth-order valence-electron chi connectivity index (χ4n) is 0.998. The lowest BCUT2D eigenvalue weighted by Gasteiger charge is -2.00. The number of carboxylic acids is 3. The minimum absolute atomic E-state index is 0.368. The van der Waals surface area contributed by atoms with Gasteiger partial charge in [-0.3, -0.25) is 0 Å². The van der Waals surface area contributed by atoms with Crippen molar-refractivity contribution in [2.24, 2.45) is 35.0 Å². The third kappa shape index (κ3) is 20.2. The van der Waals surface area contributed by atoms with Crippen LogP contribution in [0.4, 0.5) is 0 Å². The lowest BCUT2D eigenvalue weighted by Crippen LogP contribution is -2.07. The Labute approximate surface area is 179 Å². The van der Waals surface area contributed by atoms with Crippen LogP contribution < -0.4 is 17.2 Å². The van der Waals surface area contributed by atoms with Crippen LogP contribution in [0, 0.1) is 17.8 Å². The van der Waals surface area contributed by atoms with E-state index in [1.807, 2.05) is 0 Å². The highest BCUT2D eigenvalue weighted by atomic mass is 16.4. The Morgan fingerprint density at radius 3 is 0.800 bits per heavy atom. The molecule has 0 bridgehead atoms. The molecule has 174 valence electrons. The van der Waals surface area contributed by atoms with E-state index in [-0.39, 0.29) is 16.7 Å². The first kappa shape index (κ1) is 32.2. The molecule has 0 aromatic heterocycles. The Hall–Kier alpha value is -2.49. The van der Waals surface area contributed by atoms with Gasteiger partial charge in [-0.2, -0.15) is 0 Å². The molecule has 0 unspecified atom stereocenters. The molecule has 0 saturated carbocycles. The lowest BCUT2D eigenvalue weighted by molar-refractivity contribution is 0.0696. The monoisotopic (exact) mass is 429 g/mol. The second-order valence-electron chi connectivity index (χ2n) is 7.60. The van der Waals surface area contributed by atoms with Crippen molar-refractivity contribution in [3.05, 3.63) is 34.9 Å². The quantitative estimate of drug-likeness (QED) is 0.394. The SMILES string of the molecule is CC(C)CN.CC(C)CN.CC(C)CN.O=C(O)c1cc(C(=O)O)cc(C(=O)O)c1. The average molecular weight is 430 g/mol. The minimum Gasteiger partial charge on any atom is -0.478 e. The molecule has 1 aromatic carbocycles. The molecule has 0 radical (unpaired) electrons. The van der Waals surface area contributed by atoms with E-state index in [4.69, 9.17) is 32.5 Å². The Morgan fingerprint density at radius 2 is 0.733 bits per heavy atom. The molecule has 1 aromatic rings. The smallest absolute Gasteiger partial charge is 0.335 e. The molecule has 0 fully saturated rings. The molecule has 1 rings (SSSR count). The van der Waals surface area contributed by atoms with Crippen molar-refractivity contribution in [2.45, 2.75) is 41.5 Å². The van der Waals surface area contributed by atoms with Gasteiger partial charge >= 0.3 is 17.9 Å². The maximum absolute atomic E-state index is 10.6. The van der Waals surface area contributed by atoms with Gasteiger partial charge in [-0.15, -0.1) is 0 Å². The number of carboxylic acid groups (broad SMARTS) is 3. The van der Waals surface area contributed by atoms with E-state index >= 15 is 0 Å². The summed E-state index contributed by atoms with van der Waals surface area (Å²) < 4.78 is 0. The van der Waals surface area contributed by atoms with Crippen molar-refractivity contribution in [2.75, 3.05) is 19.6 Å². The van der Waals surface area contributed by atoms with E-state index in [1.54, 1.807) is 0 Å². The first-order valence-electron chi connectivity index (χ1n) is 9.68. The number of nitrogens with two attached hydrogens (primary N) is 3. The average Bonchev–Trinajstić information content (AvgIpc) is 2.68. The highest BCUT2D eigenvalue weighted by Crippen LogP contribution is 2.11. The second-order valence-corrected chi connectivity index (χ2v) is 7.60. The van der Waals surface area contributed by atoms with Gasteiger partial charge in [-0.05, 0) is 55.6 Å². The first-order valence-corrected chi connectivity index (χ1v) is 9.68. The topological polar surface area (TPSA) is 190 Å². The predicted octanol–water partition coefficient (Wildman–Crippen LogP) is 2.58. The zero-order valence-electron chi connectivity index (χ0n) is 18.9. The summed E-state index contributed by atoms with van der Waals surface area (Å²) in [6.45, 7) is 15.0. The summed E-state index contributed by atoms with van der Waals surface area (Å²) in [5.74, 6) is -2.14. The Balaban J connectivity index is -0.000000400. The third-order valence-electron chi connectivity index (χ3n) is 3.09. The summed E-state index contributed by atoms with van der Waals surface area (Å²) in [5, 5.41) is 25.8. The molecule has 0 amide bonds. The zero-order chi connectivity index (χ0) is 24.4. The fraction of sp³-hybridized carbons (Fsp3) is 0.571. The number of carbonyl (C=O) groups is 3. The highest BCUT2D eigenvalue weighted by Gasteiger charge is 2.14. The van der Waals surface area contributed by atoms with Crippen LogP contribution in [-0.4, -0.2) is 52.9 Å². The van der Waals surface area contributed by atoms with Crippen LogP contribution in [0.3, 0.4) is 0 Å². The van der Waals surface area contributed by atoms with Crippen LogP contribution in [0.5, 0.6) is 0 Å². The van der Waals surface area contributed by atoms with Crippen LogP contribution in [-0.2, 0) is 0 Å². The highest BCUT2D eigenvalue weighted by molar-refractivity contribution is 5.98. The van der Waals surface area contributed by atoms with Crippen molar-refractivity contribution < 1.29 is 29.7 Å². The van der Waals surface area contributed by atoms with Crippen LogP contribution in [0.1, 0.15) is 72.6 Å². The van der Waals surface area contributed by atoms with Gasteiger partial charge in [0.15, 0.2) is 0 Å². The largest absolute Gasteiger partial charge is 0.478 e. The summed E-state index contributed by atoms with van der Waals surface area (Å²) in [5.41, 5.74) is 14.4. The molecule has 9 N–H and O–H groups in total. The van der Waals surface area contributed by atoms with Crippen molar-refractivity contribution in [3.63, 3.8) is 0 Å². The summed E-state index contributed by atoms with van der Waals surface area (Å²) in [4.78, 5) is 31.7. The molecule has 0 atom stereocenters. The Kier molecular flexibility index (Phi) is 19.9. The molecule has 0 aliphatic rings. The summed E-state index contributed by atoms with van der Waals surface area (Å²) in [6, 6.07) is 2.70. The molecule has 0 aliphatic heterocycles. The van der Waals surface area contributed by atoms with Gasteiger partial charge in [0.1, 0.15) is 0 Å². The van der Waals surface area contributed by atoms with Crippen LogP contribution in [0.15, 0.2) is 18.2 Å². The fourth-order valence-corrected chi connectivity index (χ4v) is 0.998. The summed E-state index contributed by atoms with van der Waals surface area (Å²) >= 11 is 0. The summed E-state index contributed by atoms with van der Waals surface area (Å²) in [7, 11) is 0. The number of rotatable bonds is 6. The van der Waals surface area contributed by atoms with E-state index in [2.05, 4.69) is 41.5 Å². The van der Waals surface area contributed by atoms with Crippen molar-refractivity contribution in [1.29, 1.82) is 0 Å². The van der Waals surface area contributed by atoms with Crippen molar-refractivity contribution >= 4 is 17.9 Å². The lowest BCUT2D eigenvalue weighted by atomic mass is 10.1. The van der Waals surface area contributed by atoms with Gasteiger partial charge in [-0.25, -0.2) is 14.4 Å². The number of benzene rings is 1. The zero-order valence-corrected chi connectivity index (χ0v) is 18.9. The van der Waals surface area contributed by atoms with Crippen LogP contribution in [0.2, 0.25) is 0 Å². The van der Waals surface area contributed by atoms with Crippen molar-refractivity contribution in [3.8, 4) is 0 Å². The molecular weight excluding hydrogens is 390 g/mol. The van der Waals surface area contributed by atoms with E-state index < -0.39 is 17.9 Å². The number of aromatic carboxylic acids is 3. The van der Waals surface area contributed by atoms with E-state index in [9.17, 15) is 14.4 Å². The molecule has 0 spiro atoms. The molecule has 9 heteroatoms. The van der Waals surface area contributed by atoms with Gasteiger partial charge < -0.3 is 32.5 Å². The Morgan fingerprint density at radius 1 is 0.600 bits per heavy atom. The van der Waals surface area contributed by atoms with Crippen LogP contribution in [0.25, 0.3) is 0 Å². The van der Waals surface area contributed by atoms with Gasteiger partial charge in [0.25, 0.3) is 0 Å². The van der Waals surface area contributed by atoms with Crippen molar-refractivity contribution in [1.82, 2.24) is 0 Å². The third-order valence-corrected chi connectivity index (χ3v) is 3.09. The van der Waals surface area contributed by atoms with Gasteiger partial charge in [-0.1, -0.05) is 41.5 Å². The number of hydrogen-bond donors (Lipinski definition) is 6. The molecule has 0 heterocycles. The molecule has 0 saturated heterocycles. The van der Waals surface area contributed by atoms with E-state index in [0.29, 0.717) is 17.8 Å². The maximum atomic E-state index is 10.6. The minimum atomic E-state index is -1.37. The standard InChI is InChI=1S/C9H6O6.3C4H11N/c10-7(11)4-1-5(8(12)13)3-6(2-4)9(14)15;3*1-4(2)3-5/h1-3H,(H,10,11)(H,12,13)(H,14,15);3*4H,3,5H2,1-2H3.